The van der Waals surface area contributed by atoms with Gasteiger partial charge < -0.3 is 69.7 Å². The van der Waals surface area contributed by atoms with Crippen molar-refractivity contribution >= 4 is 5.97 Å². The minimum atomic E-state index is -2.52. The van der Waals surface area contributed by atoms with Crippen molar-refractivity contribution in [3.05, 3.63) is 59.2 Å². The van der Waals surface area contributed by atoms with Crippen LogP contribution in [0.25, 0.3) is 11.1 Å². The van der Waals surface area contributed by atoms with Gasteiger partial charge in [-0.3, -0.25) is 5.32 Å². The molecule has 0 aliphatic carbocycles. The lowest BCUT2D eigenvalue weighted by Crippen LogP contribution is -2.87. The van der Waals surface area contributed by atoms with Gasteiger partial charge in [-0.15, -0.1) is 0 Å². The number of aliphatic hydroxyl groups excluding tert-OH is 3. The smallest absolute Gasteiger partial charge is 0.340 e. The molecule has 9 N–H and O–H groups in total. The largest absolute Gasteiger partial charge is 0.508 e. The first kappa shape index (κ1) is 34.1. The number of piperidine rings is 1. The third-order valence-corrected chi connectivity index (χ3v) is 10.0. The molecule has 4 heterocycles. The Hall–Kier alpha value is -4.39. The zero-order valence-electron chi connectivity index (χ0n) is 27.5. The lowest BCUT2D eigenvalue weighted by atomic mass is 9.74. The van der Waals surface area contributed by atoms with Crippen LogP contribution in [0.1, 0.15) is 28.7 Å². The van der Waals surface area contributed by atoms with Crippen molar-refractivity contribution in [2.75, 3.05) is 34.9 Å². The summed E-state index contributed by atoms with van der Waals surface area (Å²) in [6.45, 7) is 0.247. The fourth-order valence-corrected chi connectivity index (χ4v) is 7.67. The van der Waals surface area contributed by atoms with Gasteiger partial charge in [-0.2, -0.15) is 0 Å². The quantitative estimate of drug-likeness (QED) is 0.142. The number of carbonyl (C=O) groups is 1. The molecule has 3 aromatic rings. The van der Waals surface area contributed by atoms with Crippen LogP contribution in [0.5, 0.6) is 34.5 Å². The average molecular weight is 698 g/mol. The molecule has 2 fully saturated rings. The van der Waals surface area contributed by atoms with Crippen LogP contribution in [-0.4, -0.2) is 114 Å². The van der Waals surface area contributed by atoms with E-state index in [9.17, 15) is 35.4 Å². The Morgan fingerprint density at radius 3 is 2.50 bits per heavy atom. The van der Waals surface area contributed by atoms with E-state index < -0.39 is 60.1 Å². The zero-order valence-corrected chi connectivity index (χ0v) is 27.5. The number of hydrogen-bond donors (Lipinski definition) is 9. The molecule has 2 bridgehead atoms. The third-order valence-electron chi connectivity index (χ3n) is 10.0. The van der Waals surface area contributed by atoms with Gasteiger partial charge in [-0.05, 0) is 55.1 Å². The molecule has 2 saturated heterocycles. The van der Waals surface area contributed by atoms with Crippen LogP contribution in [0.15, 0.2) is 42.5 Å². The highest BCUT2D eigenvalue weighted by atomic mass is 16.7. The highest BCUT2D eigenvalue weighted by molar-refractivity contribution is 5.81. The summed E-state index contributed by atoms with van der Waals surface area (Å²) in [6.07, 6.45) is -8.17. The van der Waals surface area contributed by atoms with Crippen LogP contribution >= 0.6 is 0 Å². The van der Waals surface area contributed by atoms with Crippen LogP contribution in [-0.2, 0) is 16.1 Å². The topological polar surface area (TPSA) is 230 Å². The summed E-state index contributed by atoms with van der Waals surface area (Å²) in [4.78, 5) is 12.7. The number of aliphatic hydroxyl groups is 4. The number of methoxy groups -OCH3 is 2. The van der Waals surface area contributed by atoms with Crippen LogP contribution < -0.4 is 39.6 Å². The summed E-state index contributed by atoms with van der Waals surface area (Å²) in [5.41, 5.74) is -2.08. The Kier molecular flexibility index (Phi) is 8.47. The molecule has 0 radical (unpaired) electrons. The second-order valence-corrected chi connectivity index (χ2v) is 12.6. The molecule has 3 aromatic carbocycles. The van der Waals surface area contributed by atoms with E-state index in [1.54, 1.807) is 25.2 Å². The van der Waals surface area contributed by atoms with Gasteiger partial charge in [0, 0.05) is 30.3 Å². The van der Waals surface area contributed by atoms with Gasteiger partial charge in [0.2, 0.25) is 23.9 Å². The first-order valence-electron chi connectivity index (χ1n) is 15.9. The highest BCUT2D eigenvalue weighted by Crippen LogP contribution is 2.61. The number of benzene rings is 3. The lowest BCUT2D eigenvalue weighted by Gasteiger charge is -2.58. The van der Waals surface area contributed by atoms with Gasteiger partial charge in [0.1, 0.15) is 29.5 Å². The number of aliphatic carboxylic acids is 1. The summed E-state index contributed by atoms with van der Waals surface area (Å²) in [7, 11) is 6.25. The first-order valence-corrected chi connectivity index (χ1v) is 15.9. The lowest BCUT2D eigenvalue weighted by molar-refractivity contribution is -0.362. The number of phenols is 1. The van der Waals surface area contributed by atoms with Crippen molar-refractivity contribution in [3.8, 4) is 45.6 Å². The van der Waals surface area contributed by atoms with E-state index in [1.807, 2.05) is 6.07 Å². The second kappa shape index (κ2) is 12.4. The summed E-state index contributed by atoms with van der Waals surface area (Å²) in [5, 5.41) is 74.5. The van der Waals surface area contributed by atoms with E-state index in [0.29, 0.717) is 46.0 Å². The SMILES string of the molecule is CNCc1cc(OC)c(OC)c2c1[C@@H]1[C@@H](O)Oc3cc(O[C@@H]4O[C@@]5(C(=O)O)[C@@H](NC)CN[C@@](O)([C@H]4O)[C@@H]5O)cc(-c4cccc(O)c4)c3[C@@H]1O2. The Bertz CT molecular complexity index is 1830. The van der Waals surface area contributed by atoms with Crippen molar-refractivity contribution in [3.63, 3.8) is 0 Å². The van der Waals surface area contributed by atoms with Gasteiger partial charge in [0.15, 0.2) is 23.3 Å². The number of phenolic OH excluding ortho intramolecular Hbond substituents is 1. The van der Waals surface area contributed by atoms with E-state index in [4.69, 9.17) is 28.4 Å². The maximum Gasteiger partial charge on any atom is 0.340 e. The van der Waals surface area contributed by atoms with Gasteiger partial charge in [0.25, 0.3) is 0 Å². The second-order valence-electron chi connectivity index (χ2n) is 12.6. The van der Waals surface area contributed by atoms with Gasteiger partial charge in [-0.1, -0.05) is 12.1 Å². The molecule has 50 heavy (non-hydrogen) atoms. The Morgan fingerprint density at radius 1 is 1.06 bits per heavy atom. The number of nitrogens with one attached hydrogen (secondary N) is 3. The van der Waals surface area contributed by atoms with E-state index in [-0.39, 0.29) is 23.8 Å². The predicted molar refractivity (Wildman–Crippen MR) is 172 cm³/mol. The number of fused-ring (bicyclic) bond motifs is 7. The molecular formula is C34H39N3O13. The number of rotatable bonds is 9. The Labute approximate surface area is 286 Å². The molecule has 7 rings (SSSR count). The molecule has 0 spiro atoms. The highest BCUT2D eigenvalue weighted by Gasteiger charge is 2.71. The van der Waals surface area contributed by atoms with Crippen molar-refractivity contribution < 1.29 is 63.9 Å². The third kappa shape index (κ3) is 4.86. The number of hydrogen-bond acceptors (Lipinski definition) is 15. The van der Waals surface area contributed by atoms with Gasteiger partial charge >= 0.3 is 5.97 Å². The molecule has 9 atom stereocenters. The first-order chi connectivity index (χ1) is 23.9. The summed E-state index contributed by atoms with van der Waals surface area (Å²) >= 11 is 0. The Morgan fingerprint density at radius 2 is 1.84 bits per heavy atom. The fourth-order valence-electron chi connectivity index (χ4n) is 7.67. The van der Waals surface area contributed by atoms with Gasteiger partial charge in [0.05, 0.1) is 26.2 Å². The minimum absolute atomic E-state index is 0.0259. The molecule has 0 saturated carbocycles. The molecule has 16 nitrogen and oxygen atoms in total. The number of likely N-dealkylation sites (N-methyl/N-ethyl adjacent to an activating group) is 1. The molecule has 0 unspecified atom stereocenters. The number of ether oxygens (including phenoxy) is 6. The summed E-state index contributed by atoms with van der Waals surface area (Å²) < 4.78 is 36.0. The molecule has 4 aliphatic rings. The zero-order chi connectivity index (χ0) is 35.7. The van der Waals surface area contributed by atoms with E-state index in [2.05, 4.69) is 16.0 Å². The van der Waals surface area contributed by atoms with Crippen molar-refractivity contribution in [2.45, 2.75) is 60.7 Å². The average Bonchev–Trinajstić information content (AvgIpc) is 3.50. The Balaban J connectivity index is 1.36. The number of carboxylic acids is 1. The van der Waals surface area contributed by atoms with Crippen LogP contribution in [0.3, 0.4) is 0 Å². The maximum absolute atomic E-state index is 12.7. The summed E-state index contributed by atoms with van der Waals surface area (Å²) in [5.74, 6) is -1.14. The molecule has 16 heteroatoms. The molecular weight excluding hydrogens is 658 g/mol. The number of carboxylic acid groups (broad SMARTS) is 1. The normalized spacial score (nSPS) is 32.1. The monoisotopic (exact) mass is 697 g/mol. The number of aromatic hydroxyl groups is 1. The fraction of sp³-hybridized carbons (Fsp3) is 0.441. The maximum atomic E-state index is 12.7. The van der Waals surface area contributed by atoms with Crippen molar-refractivity contribution in [2.24, 2.45) is 0 Å². The predicted octanol–water partition coefficient (Wildman–Crippen LogP) is -0.116. The minimum Gasteiger partial charge on any atom is -0.508 e. The van der Waals surface area contributed by atoms with Crippen LogP contribution in [0.4, 0.5) is 0 Å². The van der Waals surface area contributed by atoms with E-state index in [1.165, 1.54) is 39.5 Å². The van der Waals surface area contributed by atoms with Crippen molar-refractivity contribution in [1.82, 2.24) is 16.0 Å². The van der Waals surface area contributed by atoms with Crippen LogP contribution in [0, 0.1) is 0 Å². The van der Waals surface area contributed by atoms with Gasteiger partial charge in [-0.25, -0.2) is 4.79 Å². The summed E-state index contributed by atoms with van der Waals surface area (Å²) in [6, 6.07) is 10.1. The van der Waals surface area contributed by atoms with Crippen LogP contribution in [0.2, 0.25) is 0 Å². The standard InChI is InChI=1S/C34H39N3O13/c1-35-12-15-9-20(45-3)25(46-4)27-22(15)24-26(49-27)23-18(14-6-5-7-16(38)8-14)10-17(11-19(23)48-29(24)40)47-30-28(39)34(44)31(41)33(50-30,32(42)43)21(36-2)13-37-34/h5-11,21,24,26,28-31,35-41,44H,12-13H2,1-4H3,(H,42,43)/t21-,24-,26-,28-,29-,30+,31+,33-,34+/m0/s1. The van der Waals surface area contributed by atoms with E-state index in [0.717, 1.165) is 5.56 Å². The van der Waals surface area contributed by atoms with E-state index >= 15 is 0 Å². The van der Waals surface area contributed by atoms with Crippen molar-refractivity contribution in [1.29, 1.82) is 0 Å². The molecule has 0 aromatic heterocycles. The molecule has 0 amide bonds. The molecule has 268 valence electrons. The molecule has 4 aliphatic heterocycles.